The number of anilines is 1. The summed E-state index contributed by atoms with van der Waals surface area (Å²) in [6, 6.07) is 17.4. The van der Waals surface area contributed by atoms with Crippen molar-refractivity contribution in [3.8, 4) is 10.8 Å². The number of methoxy groups -OCH3 is 1. The molecule has 2 aromatic carbocycles. The predicted molar refractivity (Wildman–Crippen MR) is 136 cm³/mol. The van der Waals surface area contributed by atoms with Gasteiger partial charge in [-0.25, -0.2) is 9.18 Å². The van der Waals surface area contributed by atoms with Crippen LogP contribution in [0.4, 0.5) is 14.9 Å². The van der Waals surface area contributed by atoms with E-state index in [0.717, 1.165) is 29.8 Å². The summed E-state index contributed by atoms with van der Waals surface area (Å²) in [7, 11) is 1.65. The molecule has 0 spiro atoms. The van der Waals surface area contributed by atoms with Crippen LogP contribution in [-0.2, 0) is 19.4 Å². The molecule has 1 atom stereocenters. The lowest BCUT2D eigenvalue weighted by Gasteiger charge is -2.31. The van der Waals surface area contributed by atoms with Crippen molar-refractivity contribution in [1.29, 1.82) is 0 Å². The van der Waals surface area contributed by atoms with Crippen LogP contribution in [0.1, 0.15) is 46.1 Å². The third-order valence-corrected chi connectivity index (χ3v) is 8.28. The van der Waals surface area contributed by atoms with E-state index < -0.39 is 0 Å². The zero-order chi connectivity index (χ0) is 23.9. The molecule has 1 N–H and O–H groups in total. The molecule has 2 amide bonds. The molecule has 0 bridgehead atoms. The van der Waals surface area contributed by atoms with Crippen molar-refractivity contribution in [3.63, 3.8) is 0 Å². The molecule has 0 saturated carbocycles. The zero-order valence-corrected chi connectivity index (χ0v) is 20.3. The van der Waals surface area contributed by atoms with Crippen LogP contribution in [0.15, 0.2) is 66.9 Å². The Morgan fingerprint density at radius 1 is 1.06 bits per heavy atom. The van der Waals surface area contributed by atoms with Gasteiger partial charge in [0.05, 0.1) is 25.4 Å². The summed E-state index contributed by atoms with van der Waals surface area (Å²) in [6.45, 7) is 0.498. The minimum Gasteiger partial charge on any atom is -0.497 e. The average Bonchev–Trinajstić information content (AvgIpc) is 3.47. The number of aromatic nitrogens is 1. The number of ether oxygens (including phenoxy) is 1. The number of nitrogens with one attached hydrogen (secondary N) is 1. The summed E-state index contributed by atoms with van der Waals surface area (Å²) in [5.41, 5.74) is 5.21. The van der Waals surface area contributed by atoms with Crippen LogP contribution in [0.5, 0.6) is 5.75 Å². The van der Waals surface area contributed by atoms with Crippen LogP contribution < -0.4 is 10.1 Å². The van der Waals surface area contributed by atoms with Crippen LogP contribution in [0.25, 0.3) is 5.00 Å². The van der Waals surface area contributed by atoms with Gasteiger partial charge in [0.15, 0.2) is 0 Å². The van der Waals surface area contributed by atoms with Crippen LogP contribution in [0, 0.1) is 5.82 Å². The molecule has 178 valence electrons. The molecule has 3 heterocycles. The molecular formula is C28H26FN3O2S. The van der Waals surface area contributed by atoms with Gasteiger partial charge in [-0.15, -0.1) is 11.3 Å². The summed E-state index contributed by atoms with van der Waals surface area (Å²) < 4.78 is 21.2. The largest absolute Gasteiger partial charge is 0.497 e. The van der Waals surface area contributed by atoms with Gasteiger partial charge < -0.3 is 19.5 Å². The number of thiophene rings is 1. The first-order valence-corrected chi connectivity index (χ1v) is 12.7. The van der Waals surface area contributed by atoms with E-state index in [1.54, 1.807) is 19.2 Å². The fourth-order valence-electron chi connectivity index (χ4n) is 5.28. The van der Waals surface area contributed by atoms with E-state index in [1.165, 1.54) is 46.0 Å². The van der Waals surface area contributed by atoms with Gasteiger partial charge in [0.25, 0.3) is 0 Å². The molecule has 1 aliphatic heterocycles. The fourth-order valence-corrected chi connectivity index (χ4v) is 6.68. The van der Waals surface area contributed by atoms with Crippen LogP contribution in [0.3, 0.4) is 0 Å². The van der Waals surface area contributed by atoms with Gasteiger partial charge in [-0.3, -0.25) is 0 Å². The molecule has 0 saturated heterocycles. The van der Waals surface area contributed by atoms with Crippen molar-refractivity contribution in [2.45, 2.75) is 38.3 Å². The number of nitrogens with zero attached hydrogens (tertiary/aromatic N) is 2. The van der Waals surface area contributed by atoms with Crippen molar-refractivity contribution >= 4 is 23.1 Å². The highest BCUT2D eigenvalue weighted by molar-refractivity contribution is 7.15. The molecule has 2 aromatic heterocycles. The zero-order valence-electron chi connectivity index (χ0n) is 19.5. The van der Waals surface area contributed by atoms with E-state index in [2.05, 4.69) is 22.1 Å². The van der Waals surface area contributed by atoms with E-state index in [4.69, 9.17) is 4.74 Å². The Balaban J connectivity index is 1.50. The van der Waals surface area contributed by atoms with Crippen molar-refractivity contribution in [3.05, 3.63) is 99.9 Å². The summed E-state index contributed by atoms with van der Waals surface area (Å²) in [4.78, 5) is 17.2. The molecule has 0 fully saturated rings. The highest BCUT2D eigenvalue weighted by Gasteiger charge is 2.36. The summed E-state index contributed by atoms with van der Waals surface area (Å²) >= 11 is 1.86. The molecule has 4 aromatic rings. The smallest absolute Gasteiger partial charge is 0.322 e. The van der Waals surface area contributed by atoms with Gasteiger partial charge in [-0.05, 0) is 85.3 Å². The van der Waals surface area contributed by atoms with Gasteiger partial charge in [-0.2, -0.15) is 0 Å². The Hall–Kier alpha value is -3.58. The number of rotatable bonds is 3. The Morgan fingerprint density at radius 3 is 2.71 bits per heavy atom. The minimum atomic E-state index is -0.334. The lowest BCUT2D eigenvalue weighted by molar-refractivity contribution is 0.194. The standard InChI is InChI=1S/C28H26FN3O2S/c1-34-21-7-4-6-18(16-21)26-24-9-5-15-31(24)27-23(22-8-2-3-10-25(22)35-27)17-32(26)28(33)30-20-13-11-19(29)12-14-20/h4-7,9,11-16,26H,2-3,8,10,17H2,1H3,(H,30,33)/t26-/m1/s1. The van der Waals surface area contributed by atoms with E-state index in [-0.39, 0.29) is 17.9 Å². The van der Waals surface area contributed by atoms with Crippen LogP contribution in [0.2, 0.25) is 0 Å². The normalized spacial score (nSPS) is 16.6. The molecular weight excluding hydrogens is 461 g/mol. The Morgan fingerprint density at radius 2 is 1.89 bits per heavy atom. The maximum atomic E-state index is 13.9. The minimum absolute atomic E-state index is 0.221. The monoisotopic (exact) mass is 487 g/mol. The van der Waals surface area contributed by atoms with Gasteiger partial charge in [0.2, 0.25) is 0 Å². The Kier molecular flexibility index (Phi) is 5.57. The first kappa shape index (κ1) is 21.9. The molecule has 35 heavy (non-hydrogen) atoms. The molecule has 1 aliphatic carbocycles. The molecule has 0 radical (unpaired) electrons. The number of hydrogen-bond acceptors (Lipinski definition) is 3. The van der Waals surface area contributed by atoms with Gasteiger partial charge >= 0.3 is 6.03 Å². The number of halogens is 1. The first-order valence-electron chi connectivity index (χ1n) is 11.9. The lowest BCUT2D eigenvalue weighted by atomic mass is 9.95. The predicted octanol–water partition coefficient (Wildman–Crippen LogP) is 6.70. The molecule has 2 aliphatic rings. The SMILES string of the molecule is COc1cccc([C@@H]2c3cccn3-c3sc4c(c3CN2C(=O)Nc2ccc(F)cc2)CCCC4)c1. The van der Waals surface area contributed by atoms with Gasteiger partial charge in [0.1, 0.15) is 16.6 Å². The quantitative estimate of drug-likeness (QED) is 0.349. The maximum Gasteiger partial charge on any atom is 0.322 e. The van der Waals surface area contributed by atoms with E-state index in [9.17, 15) is 9.18 Å². The number of aryl methyl sites for hydroxylation is 1. The number of benzene rings is 2. The number of fused-ring (bicyclic) bond motifs is 5. The summed E-state index contributed by atoms with van der Waals surface area (Å²) in [5, 5.41) is 4.21. The van der Waals surface area contributed by atoms with Crippen LogP contribution in [-0.4, -0.2) is 22.6 Å². The molecule has 7 heteroatoms. The number of carbonyl (C=O) groups excluding carboxylic acids is 1. The molecule has 0 unspecified atom stereocenters. The second-order valence-corrected chi connectivity index (χ2v) is 10.1. The van der Waals surface area contributed by atoms with Crippen LogP contribution >= 0.6 is 11.3 Å². The highest BCUT2D eigenvalue weighted by Crippen LogP contribution is 2.44. The highest BCUT2D eigenvalue weighted by atomic mass is 32.1. The van der Waals surface area contributed by atoms with E-state index in [0.29, 0.717) is 12.2 Å². The second-order valence-electron chi connectivity index (χ2n) is 9.04. The van der Waals surface area contributed by atoms with Crippen molar-refractivity contribution in [2.24, 2.45) is 0 Å². The fraction of sp³-hybridized carbons (Fsp3) is 0.250. The van der Waals surface area contributed by atoms with Crippen molar-refractivity contribution < 1.29 is 13.9 Å². The average molecular weight is 488 g/mol. The van der Waals surface area contributed by atoms with E-state index >= 15 is 0 Å². The lowest BCUT2D eigenvalue weighted by Crippen LogP contribution is -2.38. The number of urea groups is 1. The van der Waals surface area contributed by atoms with Gasteiger partial charge in [-0.1, -0.05) is 12.1 Å². The van der Waals surface area contributed by atoms with Crippen molar-refractivity contribution in [1.82, 2.24) is 9.47 Å². The Labute approximate surface area is 207 Å². The number of carbonyl (C=O) groups is 1. The third-order valence-electron chi connectivity index (χ3n) is 6.94. The first-order chi connectivity index (χ1) is 17.1. The second kappa shape index (κ2) is 8.89. The van der Waals surface area contributed by atoms with E-state index in [1.807, 2.05) is 46.6 Å². The Bertz CT molecular complexity index is 1390. The summed E-state index contributed by atoms with van der Waals surface area (Å²) in [6.07, 6.45) is 6.65. The third kappa shape index (κ3) is 3.90. The number of hydrogen-bond donors (Lipinski definition) is 1. The summed E-state index contributed by atoms with van der Waals surface area (Å²) in [5.74, 6) is 0.412. The van der Waals surface area contributed by atoms with Gasteiger partial charge in [0, 0.05) is 22.3 Å². The molecule has 5 nitrogen and oxygen atoms in total. The molecule has 6 rings (SSSR count). The topological polar surface area (TPSA) is 46.5 Å². The van der Waals surface area contributed by atoms with Crippen molar-refractivity contribution in [2.75, 3.05) is 12.4 Å². The number of amides is 2. The maximum absolute atomic E-state index is 13.9.